The summed E-state index contributed by atoms with van der Waals surface area (Å²) < 4.78 is 31.2. The molecule has 0 atom stereocenters. The minimum Gasteiger partial charge on any atom is -0.385 e. The summed E-state index contributed by atoms with van der Waals surface area (Å²) in [4.78, 5) is 11.6. The van der Waals surface area contributed by atoms with Gasteiger partial charge in [-0.2, -0.15) is 4.31 Å². The molecule has 6 nitrogen and oxygen atoms in total. The summed E-state index contributed by atoms with van der Waals surface area (Å²) in [7, 11) is -0.641. The lowest BCUT2D eigenvalue weighted by Crippen LogP contribution is -2.38. The third kappa shape index (κ3) is 5.13. The predicted octanol–water partition coefficient (Wildman–Crippen LogP) is 1.28. The fraction of sp³-hybridized carbons (Fsp3) is 0.545. The fourth-order valence-corrected chi connectivity index (χ4v) is 4.73. The third-order valence-electron chi connectivity index (χ3n) is 2.43. The van der Waals surface area contributed by atoms with Crippen molar-refractivity contribution >= 4 is 43.2 Å². The van der Waals surface area contributed by atoms with Gasteiger partial charge in [0.25, 0.3) is 10.0 Å². The van der Waals surface area contributed by atoms with Crippen LogP contribution in [0, 0.1) is 0 Å². The molecular weight excluding hydrogens is 368 g/mol. The lowest BCUT2D eigenvalue weighted by Gasteiger charge is -2.15. The van der Waals surface area contributed by atoms with Crippen LogP contribution in [0.1, 0.15) is 6.42 Å². The van der Waals surface area contributed by atoms with Crippen LogP contribution in [0.2, 0.25) is 0 Å². The molecular formula is C11H17BrN2O4S2. The van der Waals surface area contributed by atoms with Gasteiger partial charge in [0.2, 0.25) is 5.91 Å². The average molecular weight is 385 g/mol. The van der Waals surface area contributed by atoms with E-state index in [0.29, 0.717) is 19.6 Å². The first-order valence-corrected chi connectivity index (χ1v) is 8.90. The lowest BCUT2D eigenvalue weighted by atomic mass is 10.4. The van der Waals surface area contributed by atoms with Gasteiger partial charge >= 0.3 is 0 Å². The van der Waals surface area contributed by atoms with E-state index in [2.05, 4.69) is 21.2 Å². The molecule has 1 N–H and O–H groups in total. The van der Waals surface area contributed by atoms with Crippen molar-refractivity contribution in [1.82, 2.24) is 9.62 Å². The highest BCUT2D eigenvalue weighted by molar-refractivity contribution is 9.11. The van der Waals surface area contributed by atoms with E-state index in [1.165, 1.54) is 13.1 Å². The molecule has 20 heavy (non-hydrogen) atoms. The zero-order valence-corrected chi connectivity index (χ0v) is 14.5. The Labute approximate surface area is 131 Å². The molecule has 0 saturated heterocycles. The van der Waals surface area contributed by atoms with Gasteiger partial charge in [-0.05, 0) is 34.5 Å². The number of halogens is 1. The first-order chi connectivity index (χ1) is 9.37. The molecule has 0 saturated carbocycles. The number of hydrogen-bond acceptors (Lipinski definition) is 5. The van der Waals surface area contributed by atoms with Gasteiger partial charge in [0.05, 0.1) is 10.3 Å². The number of likely N-dealkylation sites (N-methyl/N-ethyl adjacent to an activating group) is 1. The number of thiophene rings is 1. The Hall–Kier alpha value is -0.480. The van der Waals surface area contributed by atoms with E-state index >= 15 is 0 Å². The molecule has 0 radical (unpaired) electrons. The Bertz CT molecular complexity index is 544. The van der Waals surface area contributed by atoms with Gasteiger partial charge in [-0.25, -0.2) is 8.42 Å². The molecule has 1 amide bonds. The third-order valence-corrected chi connectivity index (χ3v) is 6.32. The molecule has 9 heteroatoms. The molecule has 0 aliphatic carbocycles. The van der Waals surface area contributed by atoms with E-state index in [-0.39, 0.29) is 16.7 Å². The number of nitrogens with one attached hydrogen (secondary N) is 1. The van der Waals surface area contributed by atoms with Crippen LogP contribution >= 0.6 is 27.3 Å². The molecule has 0 spiro atoms. The molecule has 114 valence electrons. The zero-order valence-electron chi connectivity index (χ0n) is 11.3. The summed E-state index contributed by atoms with van der Waals surface area (Å²) >= 11 is 4.33. The van der Waals surface area contributed by atoms with E-state index in [1.54, 1.807) is 13.2 Å². The van der Waals surface area contributed by atoms with E-state index in [1.807, 2.05) is 0 Å². The van der Waals surface area contributed by atoms with Gasteiger partial charge in [0.1, 0.15) is 4.21 Å². The molecule has 0 aliphatic rings. The molecule has 0 aromatic carbocycles. The molecule has 1 aromatic heterocycles. The monoisotopic (exact) mass is 384 g/mol. The van der Waals surface area contributed by atoms with Crippen molar-refractivity contribution in [3.8, 4) is 0 Å². The SMILES string of the molecule is COCCCNC(=O)CN(C)S(=O)(=O)c1ccc(Br)s1. The fourth-order valence-electron chi connectivity index (χ4n) is 1.38. The van der Waals surface area contributed by atoms with Gasteiger partial charge in [-0.15, -0.1) is 11.3 Å². The van der Waals surface area contributed by atoms with Crippen molar-refractivity contribution in [2.75, 3.05) is 33.9 Å². The Morgan fingerprint density at radius 1 is 1.50 bits per heavy atom. The maximum atomic E-state index is 12.2. The Morgan fingerprint density at radius 2 is 2.20 bits per heavy atom. The number of rotatable bonds is 8. The highest BCUT2D eigenvalue weighted by atomic mass is 79.9. The maximum Gasteiger partial charge on any atom is 0.252 e. The first kappa shape index (κ1) is 17.6. The maximum absolute atomic E-state index is 12.2. The first-order valence-electron chi connectivity index (χ1n) is 5.85. The zero-order chi connectivity index (χ0) is 15.2. The van der Waals surface area contributed by atoms with Crippen molar-refractivity contribution in [1.29, 1.82) is 0 Å². The molecule has 0 aliphatic heterocycles. The van der Waals surface area contributed by atoms with E-state index in [0.717, 1.165) is 19.4 Å². The Balaban J connectivity index is 2.53. The lowest BCUT2D eigenvalue weighted by molar-refractivity contribution is -0.121. The number of sulfonamides is 1. The van der Waals surface area contributed by atoms with Crippen molar-refractivity contribution in [3.05, 3.63) is 15.9 Å². The Morgan fingerprint density at radius 3 is 2.75 bits per heavy atom. The second-order valence-electron chi connectivity index (χ2n) is 4.02. The quantitative estimate of drug-likeness (QED) is 0.685. The van der Waals surface area contributed by atoms with Crippen LogP contribution in [0.5, 0.6) is 0 Å². The molecule has 1 aromatic rings. The summed E-state index contributed by atoms with van der Waals surface area (Å²) in [6, 6.07) is 3.17. The number of nitrogens with zero attached hydrogens (tertiary/aromatic N) is 1. The predicted molar refractivity (Wildman–Crippen MR) is 81.3 cm³/mol. The van der Waals surface area contributed by atoms with Crippen LogP contribution < -0.4 is 5.32 Å². The van der Waals surface area contributed by atoms with Gasteiger partial charge in [-0.3, -0.25) is 4.79 Å². The van der Waals surface area contributed by atoms with Gasteiger partial charge in [0.15, 0.2) is 0 Å². The summed E-state index contributed by atoms with van der Waals surface area (Å²) in [6.07, 6.45) is 0.691. The molecule has 0 fully saturated rings. The molecule has 1 heterocycles. The van der Waals surface area contributed by atoms with Crippen molar-refractivity contribution in [2.45, 2.75) is 10.6 Å². The number of carbonyl (C=O) groups is 1. The minimum absolute atomic E-state index is 0.204. The Kier molecular flexibility index (Phi) is 7.10. The van der Waals surface area contributed by atoms with Gasteiger partial charge < -0.3 is 10.1 Å². The topological polar surface area (TPSA) is 75.7 Å². The van der Waals surface area contributed by atoms with Crippen LogP contribution in [-0.4, -0.2) is 52.5 Å². The summed E-state index contributed by atoms with van der Waals surface area (Å²) in [5.74, 6) is -0.331. The highest BCUT2D eigenvalue weighted by Gasteiger charge is 2.24. The van der Waals surface area contributed by atoms with Gasteiger partial charge in [-0.1, -0.05) is 0 Å². The van der Waals surface area contributed by atoms with Crippen molar-refractivity contribution in [3.63, 3.8) is 0 Å². The number of hydrogen-bond donors (Lipinski definition) is 1. The van der Waals surface area contributed by atoms with Gasteiger partial charge in [0, 0.05) is 27.3 Å². The van der Waals surface area contributed by atoms with Crippen molar-refractivity contribution < 1.29 is 17.9 Å². The van der Waals surface area contributed by atoms with E-state index in [4.69, 9.17) is 4.74 Å². The standard InChI is InChI=1S/C11H17BrN2O4S2/c1-14(8-10(15)13-6-3-7-18-2)20(16,17)11-5-4-9(12)19-11/h4-5H,3,6-8H2,1-2H3,(H,13,15). The average Bonchev–Trinajstić information content (AvgIpc) is 2.82. The van der Waals surface area contributed by atoms with E-state index in [9.17, 15) is 13.2 Å². The largest absolute Gasteiger partial charge is 0.385 e. The smallest absolute Gasteiger partial charge is 0.252 e. The normalized spacial score (nSPS) is 11.8. The van der Waals surface area contributed by atoms with Crippen molar-refractivity contribution in [2.24, 2.45) is 0 Å². The number of ether oxygens (including phenoxy) is 1. The second-order valence-corrected chi connectivity index (χ2v) is 8.75. The van der Waals surface area contributed by atoms with Crippen LogP contribution in [0.4, 0.5) is 0 Å². The summed E-state index contributed by atoms with van der Waals surface area (Å²) in [6.45, 7) is 0.813. The summed E-state index contributed by atoms with van der Waals surface area (Å²) in [5.41, 5.74) is 0. The molecule has 0 unspecified atom stereocenters. The van der Waals surface area contributed by atoms with Crippen LogP contribution in [0.15, 0.2) is 20.1 Å². The number of carbonyl (C=O) groups excluding carboxylic acids is 1. The minimum atomic E-state index is -3.61. The second kappa shape index (κ2) is 8.08. The number of amides is 1. The summed E-state index contributed by atoms with van der Waals surface area (Å²) in [5, 5.41) is 2.65. The van der Waals surface area contributed by atoms with Crippen LogP contribution in [-0.2, 0) is 19.6 Å². The van der Waals surface area contributed by atoms with Crippen LogP contribution in [0.25, 0.3) is 0 Å². The highest BCUT2D eigenvalue weighted by Crippen LogP contribution is 2.27. The molecule has 0 bridgehead atoms. The van der Waals surface area contributed by atoms with E-state index < -0.39 is 10.0 Å². The van der Waals surface area contributed by atoms with Crippen LogP contribution in [0.3, 0.4) is 0 Å². The molecule has 1 rings (SSSR count). The number of methoxy groups -OCH3 is 1.